The Labute approximate surface area is 579 Å². The van der Waals surface area contributed by atoms with Crippen molar-refractivity contribution in [2.24, 2.45) is 0 Å². The van der Waals surface area contributed by atoms with Crippen LogP contribution in [0.5, 0.6) is 0 Å². The van der Waals surface area contributed by atoms with E-state index in [-0.39, 0.29) is 80.3 Å². The molecular weight excluding hydrogens is 1360 g/mol. The molecule has 520 valence electrons. The Morgan fingerprint density at radius 1 is 0.451 bits per heavy atom. The number of benzene rings is 5. The van der Waals surface area contributed by atoms with E-state index in [1.807, 2.05) is 6.07 Å². The smallest absolute Gasteiger partial charge is 0.371 e. The lowest BCUT2D eigenvalue weighted by atomic mass is 10.1. The van der Waals surface area contributed by atoms with Gasteiger partial charge in [0.25, 0.3) is 5.12 Å². The molecule has 1 atom stereocenters. The van der Waals surface area contributed by atoms with Crippen LogP contribution in [0.1, 0.15) is 139 Å². The minimum atomic E-state index is -1.21. The van der Waals surface area contributed by atoms with E-state index in [0.717, 1.165) is 40.1 Å². The Morgan fingerprint density at radius 3 is 1.25 bits per heavy atom. The van der Waals surface area contributed by atoms with Crippen LogP contribution in [0.3, 0.4) is 0 Å². The first-order chi connectivity index (χ1) is 49.0. The number of aromatic nitrogens is 4. The Hall–Kier alpha value is -13.0. The molecule has 13 rings (SSSR count). The molecule has 0 aliphatic heterocycles. The number of carbonyl (C=O) groups excluding carboxylic acids is 3. The second kappa shape index (κ2) is 37.1. The van der Waals surface area contributed by atoms with Crippen molar-refractivity contribution in [3.63, 3.8) is 0 Å². The number of carboxylic acid groups (broad SMARTS) is 3. The van der Waals surface area contributed by atoms with Gasteiger partial charge in [-0.3, -0.25) is 19.5 Å². The minimum absolute atomic E-state index is 0.0231. The molecule has 0 radical (unpaired) electrons. The van der Waals surface area contributed by atoms with Gasteiger partial charge >= 0.3 is 17.9 Å². The lowest BCUT2D eigenvalue weighted by molar-refractivity contribution is 0.0646. The van der Waals surface area contributed by atoms with E-state index >= 15 is 0 Å². The summed E-state index contributed by atoms with van der Waals surface area (Å²) in [7, 11) is 0. The number of nitrogens with one attached hydrogen (secondary N) is 1. The number of thioether (sulfide) groups is 1. The Bertz CT molecular complexity index is 4760. The summed E-state index contributed by atoms with van der Waals surface area (Å²) in [5.41, 5.74) is 4.03. The number of halogens is 5. The van der Waals surface area contributed by atoms with Crippen molar-refractivity contribution in [3.05, 3.63) is 363 Å². The normalized spacial score (nSPS) is 10.9. The quantitative estimate of drug-likeness (QED) is 0.0144. The molecule has 0 aliphatic rings. The first-order valence-corrected chi connectivity index (χ1v) is 30.9. The number of aliphatic hydroxyl groups excluding tert-OH is 2. The highest BCUT2D eigenvalue weighted by atomic mass is 32.2. The minimum Gasteiger partial charge on any atom is -0.504 e. The van der Waals surface area contributed by atoms with Gasteiger partial charge in [0.15, 0.2) is 34.6 Å². The maximum atomic E-state index is 12.9. The number of hydrogen-bond donors (Lipinski definition) is 6. The molecule has 1 unspecified atom stereocenters. The van der Waals surface area contributed by atoms with E-state index in [2.05, 4.69) is 24.6 Å². The van der Waals surface area contributed by atoms with Gasteiger partial charge in [-0.15, -0.1) is 0 Å². The lowest BCUT2D eigenvalue weighted by Crippen LogP contribution is -1.98. The number of aromatic carboxylic acids is 3. The average Bonchev–Trinajstić information content (AvgIpc) is 1.68. The number of H-pyrrole nitrogens is 1. The molecule has 0 bridgehead atoms. The van der Waals surface area contributed by atoms with Crippen molar-refractivity contribution < 1.29 is 103 Å². The zero-order valence-electron chi connectivity index (χ0n) is 53.2. The van der Waals surface area contributed by atoms with Gasteiger partial charge in [-0.25, -0.2) is 46.3 Å². The fraction of sp³-hybridized carbons (Fsp3) is 0.0800. The van der Waals surface area contributed by atoms with Gasteiger partial charge in [0.05, 0.1) is 6.26 Å². The number of carboxylic acids is 3. The number of rotatable bonds is 19. The Balaban J connectivity index is 0.000000158. The van der Waals surface area contributed by atoms with Gasteiger partial charge in [-0.1, -0.05) is 66.7 Å². The van der Waals surface area contributed by atoms with Crippen LogP contribution in [0, 0.1) is 29.1 Å². The van der Waals surface area contributed by atoms with Crippen LogP contribution in [-0.2, 0) is 25.7 Å². The van der Waals surface area contributed by atoms with Gasteiger partial charge in [-0.2, -0.15) is 5.10 Å². The first kappa shape index (κ1) is 74.8. The third kappa shape index (κ3) is 23.9. The molecule has 0 fully saturated rings. The topological polar surface area (TPSA) is 337 Å². The van der Waals surface area contributed by atoms with Crippen LogP contribution in [0.25, 0.3) is 5.76 Å². The Morgan fingerprint density at radius 2 is 0.863 bits per heavy atom. The highest BCUT2D eigenvalue weighted by molar-refractivity contribution is 8.14. The third-order valence-electron chi connectivity index (χ3n) is 13.6. The van der Waals surface area contributed by atoms with Gasteiger partial charge in [0.2, 0.25) is 23.1 Å². The van der Waals surface area contributed by atoms with Crippen molar-refractivity contribution in [3.8, 4) is 0 Å². The van der Waals surface area contributed by atoms with E-state index in [4.69, 9.17) is 37.4 Å². The second-order valence-corrected chi connectivity index (χ2v) is 22.2. The molecule has 6 N–H and O–H groups in total. The molecular formula is C75H57F5N4O17S. The Kier molecular flexibility index (Phi) is 27.2. The highest BCUT2D eigenvalue weighted by Crippen LogP contribution is 2.26. The molecule has 27 heteroatoms. The summed E-state index contributed by atoms with van der Waals surface area (Å²) in [6, 6.07) is 53.6. The molecule has 0 aliphatic carbocycles. The number of Topliss-reactive ketones (excluding diaryl/α,β-unsaturated/α-hetero) is 1. The van der Waals surface area contributed by atoms with E-state index in [9.17, 15) is 60.9 Å². The molecule has 5 aromatic carbocycles. The number of nitrogens with zero attached hydrogens (tertiary/aromatic N) is 3. The lowest BCUT2D eigenvalue weighted by Gasteiger charge is -2.07. The summed E-state index contributed by atoms with van der Waals surface area (Å²) in [5, 5.41) is 51.6. The average molecular weight is 1410 g/mol. The summed E-state index contributed by atoms with van der Waals surface area (Å²) in [5.74, 6) is -2.74. The molecule has 0 saturated heterocycles. The monoisotopic (exact) mass is 1410 g/mol. The number of aromatic amines is 1. The number of ketones is 2. The SMILES string of the molecule is CC(=O)c1ccc(Cc2ccc(F)cc2)o1.O=C(/C=C(\O)c1ncn[nH]1)c1ccc(Cc2ccc(F)cc2)o1.O=C(O)c1ccc(C(O)c2ccc(F)cc2)o1.O=C(O)c1ccc(Cc2ccc(F)cc2)o1.O=C(O)c1ccco1.O=C(Sc1ccccn1)c1ccc(Cc2ccc(F)cc2)o1. The molecule has 8 aromatic heterocycles. The first-order valence-electron chi connectivity index (χ1n) is 30.0. The fourth-order valence-corrected chi connectivity index (χ4v) is 9.28. The summed E-state index contributed by atoms with van der Waals surface area (Å²) >= 11 is 1.02. The molecule has 21 nitrogen and oxygen atoms in total. The largest absolute Gasteiger partial charge is 0.504 e. The summed E-state index contributed by atoms with van der Waals surface area (Å²) < 4.78 is 94.6. The summed E-state index contributed by atoms with van der Waals surface area (Å²) in [4.78, 5) is 74.1. The van der Waals surface area contributed by atoms with Crippen molar-refractivity contribution in [1.29, 1.82) is 0 Å². The zero-order chi connectivity index (χ0) is 73.1. The van der Waals surface area contributed by atoms with Crippen LogP contribution in [0.15, 0.2) is 269 Å². The van der Waals surface area contributed by atoms with Crippen LogP contribution in [0.2, 0.25) is 0 Å². The number of aliphatic hydroxyl groups is 2. The van der Waals surface area contributed by atoms with Crippen molar-refractivity contribution in [2.45, 2.75) is 43.7 Å². The van der Waals surface area contributed by atoms with E-state index in [1.165, 1.54) is 129 Å². The highest BCUT2D eigenvalue weighted by Gasteiger charge is 2.19. The van der Waals surface area contributed by atoms with Gasteiger partial charge in [-0.05, 0) is 185 Å². The predicted molar refractivity (Wildman–Crippen MR) is 356 cm³/mol. The number of hydrogen-bond acceptors (Lipinski definition) is 18. The molecule has 8 heterocycles. The number of pyridine rings is 1. The van der Waals surface area contributed by atoms with E-state index < -0.39 is 35.6 Å². The van der Waals surface area contributed by atoms with Crippen molar-refractivity contribution in [2.75, 3.05) is 0 Å². The van der Waals surface area contributed by atoms with Crippen LogP contribution >= 0.6 is 11.8 Å². The second-order valence-electron chi connectivity index (χ2n) is 21.2. The summed E-state index contributed by atoms with van der Waals surface area (Å²) in [6.45, 7) is 1.46. The summed E-state index contributed by atoms with van der Waals surface area (Å²) in [6.07, 6.45) is 6.04. The van der Waals surface area contributed by atoms with Crippen LogP contribution < -0.4 is 0 Å². The van der Waals surface area contributed by atoms with Crippen LogP contribution in [-0.4, -0.2) is 80.3 Å². The standard InChI is InChI=1S/C17H12FNO2S.C16H12FN3O3.C13H11FO2.C12H9FO4.C12H9FO3.C5H4O3/c18-13-6-4-12(5-7-13)11-14-8-9-15(21-14)17(20)22-16-3-1-2-10-19-16;17-11-3-1-10(2-4-11)7-12-5-6-15(23-12)13(21)8-14(22)16-18-9-19-20-16;1-9(15)13-7-6-12(16-13)8-10-2-4-11(14)5-3-10;13-8-3-1-7(2-4-8)11(14)9-5-6-10(17-9)12(15)16;13-9-3-1-8(2-4-9)7-10-5-6-11(16-10)12(14)15;6-5(7)4-2-1-3-8-4/h1-10H,11H2;1-6,8-9,22H,7H2,(H,18,19,20);2-7H,8H2,1H3;1-6,11,14H,(H,15,16);1-6H,7H2,(H,14,15);1-3H,(H,6,7)/b;14-8-;;;;. The molecule has 0 saturated carbocycles. The maximum absolute atomic E-state index is 12.9. The van der Waals surface area contributed by atoms with Gasteiger partial charge in [0, 0.05) is 44.9 Å². The number of carbonyl (C=O) groups is 6. The van der Waals surface area contributed by atoms with Crippen molar-refractivity contribution >= 4 is 52.1 Å². The fourth-order valence-electron chi connectivity index (χ4n) is 8.62. The molecule has 102 heavy (non-hydrogen) atoms. The van der Waals surface area contributed by atoms with Crippen LogP contribution in [0.4, 0.5) is 22.0 Å². The predicted octanol–water partition coefficient (Wildman–Crippen LogP) is 16.3. The molecule has 0 amide bonds. The molecule has 13 aromatic rings. The number of furan rings is 6. The van der Waals surface area contributed by atoms with Gasteiger partial charge in [0.1, 0.15) is 75.3 Å². The zero-order valence-corrected chi connectivity index (χ0v) is 54.0. The third-order valence-corrected chi connectivity index (χ3v) is 14.4. The van der Waals surface area contributed by atoms with E-state index in [1.54, 1.807) is 103 Å². The van der Waals surface area contributed by atoms with Crippen molar-refractivity contribution in [1.82, 2.24) is 20.2 Å². The van der Waals surface area contributed by atoms with Gasteiger partial charge < -0.3 is 52.0 Å². The van der Waals surface area contributed by atoms with E-state index in [0.29, 0.717) is 65.1 Å². The maximum Gasteiger partial charge on any atom is 0.371 e. The number of allylic oxidation sites excluding steroid dienone is 1. The molecule has 0 spiro atoms.